The maximum atomic E-state index is 13.0. The van der Waals surface area contributed by atoms with E-state index in [0.717, 1.165) is 22.9 Å². The van der Waals surface area contributed by atoms with E-state index in [9.17, 15) is 4.79 Å². The molecule has 1 aliphatic carbocycles. The van der Waals surface area contributed by atoms with Gasteiger partial charge in [0.1, 0.15) is 0 Å². The predicted octanol–water partition coefficient (Wildman–Crippen LogP) is 3.96. The van der Waals surface area contributed by atoms with E-state index >= 15 is 0 Å². The van der Waals surface area contributed by atoms with Crippen molar-refractivity contribution in [2.75, 3.05) is 26.4 Å². The smallest absolute Gasteiger partial charge is 0.227 e. The maximum absolute atomic E-state index is 13.0. The Morgan fingerprint density at radius 2 is 1.88 bits per heavy atom. The molecule has 2 unspecified atom stereocenters. The molecule has 1 amide bonds. The number of rotatable bonds is 6. The van der Waals surface area contributed by atoms with Crippen LogP contribution in [-0.2, 0) is 16.0 Å². The molecule has 5 nitrogen and oxygen atoms in total. The zero-order chi connectivity index (χ0) is 18.5. The van der Waals surface area contributed by atoms with Gasteiger partial charge in [0.25, 0.3) is 0 Å². The first-order valence-corrected chi connectivity index (χ1v) is 10.4. The minimum absolute atomic E-state index is 0.164. The molecule has 0 spiro atoms. The van der Waals surface area contributed by atoms with Gasteiger partial charge >= 0.3 is 0 Å². The van der Waals surface area contributed by atoms with Crippen LogP contribution < -0.4 is 9.47 Å². The van der Waals surface area contributed by atoms with Gasteiger partial charge in [-0.25, -0.2) is 0 Å². The molecule has 144 valence electrons. The third-order valence-corrected chi connectivity index (χ3v) is 5.84. The molecule has 1 heterocycles. The third-order valence-electron chi connectivity index (χ3n) is 5.11. The molecule has 1 aromatic rings. The predicted molar refractivity (Wildman–Crippen MR) is 104 cm³/mol. The van der Waals surface area contributed by atoms with E-state index in [2.05, 4.69) is 15.9 Å². The van der Waals surface area contributed by atoms with Gasteiger partial charge in [0, 0.05) is 11.0 Å². The van der Waals surface area contributed by atoms with Gasteiger partial charge in [-0.15, -0.1) is 0 Å². The number of carbonyl (C=O) groups is 1. The lowest BCUT2D eigenvalue weighted by atomic mass is 9.90. The lowest BCUT2D eigenvalue weighted by Gasteiger charge is -2.43. The number of morpholine rings is 1. The molecule has 1 saturated carbocycles. The topological polar surface area (TPSA) is 48.0 Å². The molecule has 1 aliphatic heterocycles. The van der Waals surface area contributed by atoms with Crippen molar-refractivity contribution >= 4 is 21.8 Å². The Bertz CT molecular complexity index is 634. The fourth-order valence-corrected chi connectivity index (χ4v) is 4.38. The summed E-state index contributed by atoms with van der Waals surface area (Å²) in [7, 11) is 0. The largest absolute Gasteiger partial charge is 0.490 e. The Morgan fingerprint density at radius 3 is 2.62 bits per heavy atom. The summed E-state index contributed by atoms with van der Waals surface area (Å²) in [6.07, 6.45) is 5.06. The highest BCUT2D eigenvalue weighted by molar-refractivity contribution is 9.10. The number of hydrogen-bond acceptors (Lipinski definition) is 4. The summed E-state index contributed by atoms with van der Waals surface area (Å²) in [5.41, 5.74) is 0.931. The van der Waals surface area contributed by atoms with Gasteiger partial charge in [-0.3, -0.25) is 4.79 Å². The second kappa shape index (κ2) is 9.09. The molecule has 2 fully saturated rings. The summed E-state index contributed by atoms with van der Waals surface area (Å²) < 4.78 is 18.1. The van der Waals surface area contributed by atoms with Gasteiger partial charge in [0.05, 0.1) is 38.4 Å². The molecular weight excluding hydrogens is 398 g/mol. The maximum Gasteiger partial charge on any atom is 0.227 e. The van der Waals surface area contributed by atoms with E-state index in [0.29, 0.717) is 44.3 Å². The van der Waals surface area contributed by atoms with Crippen LogP contribution in [0.2, 0.25) is 0 Å². The zero-order valence-electron chi connectivity index (χ0n) is 15.6. The standard InChI is InChI=1S/C20H28BrNO4/c1-3-24-18-11-14(15(21)13-19(18)25-4-2)12-20(23)22-9-10-26-17-8-6-5-7-16(17)22/h11,13,16-17H,3-10,12H2,1-2H3. The van der Waals surface area contributed by atoms with E-state index < -0.39 is 0 Å². The minimum Gasteiger partial charge on any atom is -0.490 e. The van der Waals surface area contributed by atoms with Gasteiger partial charge in [0.15, 0.2) is 11.5 Å². The Labute approximate surface area is 164 Å². The zero-order valence-corrected chi connectivity index (χ0v) is 17.2. The highest BCUT2D eigenvalue weighted by Crippen LogP contribution is 2.35. The van der Waals surface area contributed by atoms with E-state index in [1.807, 2.05) is 30.9 Å². The first kappa shape index (κ1) is 19.5. The molecular formula is C20H28BrNO4. The summed E-state index contributed by atoms with van der Waals surface area (Å²) in [5.74, 6) is 1.56. The summed E-state index contributed by atoms with van der Waals surface area (Å²) in [5, 5.41) is 0. The number of benzene rings is 1. The average molecular weight is 426 g/mol. The van der Waals surface area contributed by atoms with Gasteiger partial charge in [-0.05, 0) is 44.4 Å². The second-order valence-corrected chi connectivity index (χ2v) is 7.64. The van der Waals surface area contributed by atoms with Crippen molar-refractivity contribution in [1.82, 2.24) is 4.90 Å². The number of hydrogen-bond donors (Lipinski definition) is 0. The van der Waals surface area contributed by atoms with Crippen LogP contribution in [0.15, 0.2) is 16.6 Å². The second-order valence-electron chi connectivity index (χ2n) is 6.78. The van der Waals surface area contributed by atoms with E-state index in [4.69, 9.17) is 14.2 Å². The van der Waals surface area contributed by atoms with Crippen molar-refractivity contribution in [2.24, 2.45) is 0 Å². The van der Waals surface area contributed by atoms with Gasteiger partial charge in [-0.2, -0.15) is 0 Å². The molecule has 2 atom stereocenters. The Morgan fingerprint density at radius 1 is 1.19 bits per heavy atom. The molecule has 1 saturated heterocycles. The van der Waals surface area contributed by atoms with Crippen LogP contribution >= 0.6 is 15.9 Å². The number of ether oxygens (including phenoxy) is 3. The van der Waals surface area contributed by atoms with E-state index in [-0.39, 0.29) is 18.1 Å². The third kappa shape index (κ3) is 4.34. The fourth-order valence-electron chi connectivity index (χ4n) is 3.92. The Kier molecular flexibility index (Phi) is 6.81. The van der Waals surface area contributed by atoms with Crippen LogP contribution in [0.3, 0.4) is 0 Å². The van der Waals surface area contributed by atoms with E-state index in [1.165, 1.54) is 12.8 Å². The fraction of sp³-hybridized carbons (Fsp3) is 0.650. The van der Waals surface area contributed by atoms with Crippen LogP contribution in [0.4, 0.5) is 0 Å². The molecule has 3 rings (SSSR count). The first-order chi connectivity index (χ1) is 12.6. The molecule has 0 radical (unpaired) electrons. The number of nitrogens with zero attached hydrogens (tertiary/aromatic N) is 1. The van der Waals surface area contributed by atoms with Crippen LogP contribution in [0.1, 0.15) is 45.1 Å². The monoisotopic (exact) mass is 425 g/mol. The normalized spacial score (nSPS) is 22.7. The van der Waals surface area contributed by atoms with E-state index in [1.54, 1.807) is 0 Å². The lowest BCUT2D eigenvalue weighted by Crippen LogP contribution is -2.55. The van der Waals surface area contributed by atoms with Crippen molar-refractivity contribution in [2.45, 2.75) is 58.1 Å². The number of amides is 1. The van der Waals surface area contributed by atoms with Crippen molar-refractivity contribution < 1.29 is 19.0 Å². The highest BCUT2D eigenvalue weighted by atomic mass is 79.9. The molecule has 0 N–H and O–H groups in total. The molecule has 26 heavy (non-hydrogen) atoms. The van der Waals surface area contributed by atoms with Crippen molar-refractivity contribution in [3.63, 3.8) is 0 Å². The quantitative estimate of drug-likeness (QED) is 0.691. The van der Waals surface area contributed by atoms with Crippen LogP contribution in [0.5, 0.6) is 11.5 Å². The van der Waals surface area contributed by atoms with Gasteiger partial charge in [-0.1, -0.05) is 28.8 Å². The lowest BCUT2D eigenvalue weighted by molar-refractivity contribution is -0.148. The minimum atomic E-state index is 0.164. The highest BCUT2D eigenvalue weighted by Gasteiger charge is 2.36. The van der Waals surface area contributed by atoms with Gasteiger partial charge in [0.2, 0.25) is 5.91 Å². The van der Waals surface area contributed by atoms with Crippen LogP contribution in [0.25, 0.3) is 0 Å². The summed E-state index contributed by atoms with van der Waals surface area (Å²) in [6.45, 7) is 6.35. The van der Waals surface area contributed by atoms with Gasteiger partial charge < -0.3 is 19.1 Å². The SMILES string of the molecule is CCOc1cc(Br)c(CC(=O)N2CCOC3CCCCC32)cc1OCC. The molecule has 6 heteroatoms. The van der Waals surface area contributed by atoms with Crippen molar-refractivity contribution in [3.8, 4) is 11.5 Å². The summed E-state index contributed by atoms with van der Waals surface area (Å²) in [6, 6.07) is 4.06. The number of fused-ring (bicyclic) bond motifs is 1. The first-order valence-electron chi connectivity index (χ1n) is 9.63. The number of carbonyl (C=O) groups excluding carboxylic acids is 1. The summed E-state index contributed by atoms with van der Waals surface area (Å²) in [4.78, 5) is 15.1. The number of halogens is 1. The average Bonchev–Trinajstić information content (AvgIpc) is 2.65. The molecule has 2 aliphatic rings. The Balaban J connectivity index is 1.76. The van der Waals surface area contributed by atoms with Crippen molar-refractivity contribution in [1.29, 1.82) is 0 Å². The summed E-state index contributed by atoms with van der Waals surface area (Å²) >= 11 is 3.59. The van der Waals surface area contributed by atoms with Crippen molar-refractivity contribution in [3.05, 3.63) is 22.2 Å². The molecule has 0 aromatic heterocycles. The molecule has 1 aromatic carbocycles. The molecule has 0 bridgehead atoms. The van der Waals surface area contributed by atoms with Crippen LogP contribution in [0, 0.1) is 0 Å². The van der Waals surface area contributed by atoms with Crippen LogP contribution in [-0.4, -0.2) is 49.3 Å². The Hall–Kier alpha value is -1.27.